The molecule has 0 saturated heterocycles. The van der Waals surface area contributed by atoms with Gasteiger partial charge < -0.3 is 9.67 Å². The van der Waals surface area contributed by atoms with Gasteiger partial charge in [0.25, 0.3) is 0 Å². The number of benzene rings is 1. The van der Waals surface area contributed by atoms with E-state index in [1.807, 2.05) is 23.9 Å². The van der Waals surface area contributed by atoms with Gasteiger partial charge in [-0.15, -0.1) is 11.8 Å². The summed E-state index contributed by atoms with van der Waals surface area (Å²) in [7, 11) is 1.89. The molecular weight excluding hydrogens is 232 g/mol. The Morgan fingerprint density at radius 3 is 2.94 bits per heavy atom. The predicted octanol–water partition coefficient (Wildman–Crippen LogP) is 2.55. The summed E-state index contributed by atoms with van der Waals surface area (Å²) in [5.74, 6) is 1.33. The van der Waals surface area contributed by atoms with Crippen molar-refractivity contribution in [3.05, 3.63) is 48.0 Å². The SMILES string of the molecule is Cc1cccc(SCC(O)c2nccn2C)c1. The van der Waals surface area contributed by atoms with Gasteiger partial charge in [-0.1, -0.05) is 17.7 Å². The minimum absolute atomic E-state index is 0.527. The lowest BCUT2D eigenvalue weighted by molar-refractivity contribution is 0.190. The molecule has 17 heavy (non-hydrogen) atoms. The van der Waals surface area contributed by atoms with E-state index in [0.717, 1.165) is 0 Å². The molecular formula is C13H16N2OS. The Morgan fingerprint density at radius 1 is 1.47 bits per heavy atom. The molecule has 0 saturated carbocycles. The van der Waals surface area contributed by atoms with Gasteiger partial charge in [-0.3, -0.25) is 0 Å². The van der Waals surface area contributed by atoms with Gasteiger partial charge in [0.2, 0.25) is 0 Å². The van der Waals surface area contributed by atoms with E-state index < -0.39 is 6.10 Å². The Morgan fingerprint density at radius 2 is 2.29 bits per heavy atom. The van der Waals surface area contributed by atoms with E-state index >= 15 is 0 Å². The second kappa shape index (κ2) is 5.38. The molecule has 0 spiro atoms. The zero-order valence-electron chi connectivity index (χ0n) is 10.00. The molecule has 1 aromatic carbocycles. The van der Waals surface area contributed by atoms with Crippen LogP contribution in [0.15, 0.2) is 41.6 Å². The van der Waals surface area contributed by atoms with Crippen LogP contribution in [-0.4, -0.2) is 20.4 Å². The standard InChI is InChI=1S/C13H16N2OS/c1-10-4-3-5-11(8-10)17-9-12(16)13-14-6-7-15(13)2/h3-8,12,16H,9H2,1-2H3. The van der Waals surface area contributed by atoms with Crippen molar-refractivity contribution in [3.63, 3.8) is 0 Å². The molecule has 0 bridgehead atoms. The third kappa shape index (κ3) is 3.11. The topological polar surface area (TPSA) is 38.1 Å². The molecule has 90 valence electrons. The van der Waals surface area contributed by atoms with Crippen LogP contribution in [0.5, 0.6) is 0 Å². The first-order chi connectivity index (χ1) is 8.16. The number of thioether (sulfide) groups is 1. The highest BCUT2D eigenvalue weighted by atomic mass is 32.2. The number of aliphatic hydroxyl groups is 1. The molecule has 1 heterocycles. The molecule has 3 nitrogen and oxygen atoms in total. The number of aryl methyl sites for hydroxylation is 2. The zero-order chi connectivity index (χ0) is 12.3. The largest absolute Gasteiger partial charge is 0.384 e. The van der Waals surface area contributed by atoms with E-state index in [0.29, 0.717) is 11.6 Å². The lowest BCUT2D eigenvalue weighted by Gasteiger charge is -2.10. The molecule has 1 unspecified atom stereocenters. The summed E-state index contributed by atoms with van der Waals surface area (Å²) < 4.78 is 1.85. The fraction of sp³-hybridized carbons (Fsp3) is 0.308. The van der Waals surface area contributed by atoms with E-state index in [1.54, 1.807) is 18.0 Å². The summed E-state index contributed by atoms with van der Waals surface area (Å²) in [6.45, 7) is 2.07. The second-order valence-electron chi connectivity index (χ2n) is 4.04. The number of hydrogen-bond donors (Lipinski definition) is 1. The van der Waals surface area contributed by atoms with Crippen molar-refractivity contribution < 1.29 is 5.11 Å². The zero-order valence-corrected chi connectivity index (χ0v) is 10.8. The lowest BCUT2D eigenvalue weighted by atomic mass is 10.2. The number of rotatable bonds is 4. The summed E-state index contributed by atoms with van der Waals surface area (Å²) in [5.41, 5.74) is 1.24. The maximum atomic E-state index is 10.0. The first-order valence-corrected chi connectivity index (χ1v) is 6.50. The second-order valence-corrected chi connectivity index (χ2v) is 5.13. The Hall–Kier alpha value is -1.26. The summed E-state index contributed by atoms with van der Waals surface area (Å²) in [6.07, 6.45) is 3.02. The third-order valence-corrected chi connectivity index (χ3v) is 3.62. The van der Waals surface area contributed by atoms with Gasteiger partial charge in [-0.05, 0) is 19.1 Å². The van der Waals surface area contributed by atoms with Crippen molar-refractivity contribution >= 4 is 11.8 Å². The quantitative estimate of drug-likeness (QED) is 0.845. The van der Waals surface area contributed by atoms with Crippen LogP contribution in [0.2, 0.25) is 0 Å². The van der Waals surface area contributed by atoms with Crippen LogP contribution in [0.1, 0.15) is 17.5 Å². The Bertz CT molecular complexity index is 496. The normalized spacial score (nSPS) is 12.6. The average molecular weight is 248 g/mol. The Labute approximate surface area is 106 Å². The summed E-state index contributed by atoms with van der Waals surface area (Å²) in [6, 6.07) is 8.28. The van der Waals surface area contributed by atoms with Gasteiger partial charge in [0.05, 0.1) is 0 Å². The van der Waals surface area contributed by atoms with Crippen LogP contribution in [0.4, 0.5) is 0 Å². The third-order valence-electron chi connectivity index (χ3n) is 2.55. The average Bonchev–Trinajstić information content (AvgIpc) is 2.72. The smallest absolute Gasteiger partial charge is 0.138 e. The molecule has 0 aliphatic carbocycles. The fourth-order valence-corrected chi connectivity index (χ4v) is 2.60. The molecule has 2 rings (SSSR count). The van der Waals surface area contributed by atoms with E-state index in [4.69, 9.17) is 0 Å². The van der Waals surface area contributed by atoms with E-state index in [2.05, 4.69) is 30.1 Å². The molecule has 4 heteroatoms. The van der Waals surface area contributed by atoms with Crippen LogP contribution < -0.4 is 0 Å². The molecule has 0 fully saturated rings. The van der Waals surface area contributed by atoms with Crippen molar-refractivity contribution in [2.24, 2.45) is 7.05 Å². The van der Waals surface area contributed by atoms with Crippen molar-refractivity contribution in [2.45, 2.75) is 17.9 Å². The van der Waals surface area contributed by atoms with Crippen molar-refractivity contribution in [1.82, 2.24) is 9.55 Å². The van der Waals surface area contributed by atoms with Crippen molar-refractivity contribution in [3.8, 4) is 0 Å². The first kappa shape index (κ1) is 12.2. The van der Waals surface area contributed by atoms with E-state index in [1.165, 1.54) is 10.5 Å². The maximum absolute atomic E-state index is 10.0. The summed E-state index contributed by atoms with van der Waals surface area (Å²) in [4.78, 5) is 5.32. The fourth-order valence-electron chi connectivity index (χ4n) is 1.65. The van der Waals surface area contributed by atoms with Gasteiger partial charge >= 0.3 is 0 Å². The first-order valence-electron chi connectivity index (χ1n) is 5.51. The molecule has 2 aromatic rings. The van der Waals surface area contributed by atoms with Crippen LogP contribution in [0.3, 0.4) is 0 Å². The molecule has 1 atom stereocenters. The minimum Gasteiger partial charge on any atom is -0.384 e. The number of aromatic nitrogens is 2. The number of aliphatic hydroxyl groups excluding tert-OH is 1. The number of imidazole rings is 1. The molecule has 0 aliphatic rings. The minimum atomic E-state index is -0.527. The molecule has 1 N–H and O–H groups in total. The highest BCUT2D eigenvalue weighted by Gasteiger charge is 2.12. The van der Waals surface area contributed by atoms with Gasteiger partial charge in [0.15, 0.2) is 0 Å². The van der Waals surface area contributed by atoms with Gasteiger partial charge in [-0.2, -0.15) is 0 Å². The van der Waals surface area contributed by atoms with Gasteiger partial charge in [0, 0.05) is 30.1 Å². The maximum Gasteiger partial charge on any atom is 0.138 e. The summed E-state index contributed by atoms with van der Waals surface area (Å²) in [5, 5.41) is 10.0. The molecule has 0 aliphatic heterocycles. The van der Waals surface area contributed by atoms with E-state index in [9.17, 15) is 5.11 Å². The van der Waals surface area contributed by atoms with Crippen molar-refractivity contribution in [1.29, 1.82) is 0 Å². The monoisotopic (exact) mass is 248 g/mol. The van der Waals surface area contributed by atoms with Crippen LogP contribution in [0.25, 0.3) is 0 Å². The van der Waals surface area contributed by atoms with E-state index in [-0.39, 0.29) is 0 Å². The highest BCUT2D eigenvalue weighted by molar-refractivity contribution is 7.99. The predicted molar refractivity (Wildman–Crippen MR) is 70.1 cm³/mol. The molecule has 0 amide bonds. The van der Waals surface area contributed by atoms with Gasteiger partial charge in [0.1, 0.15) is 11.9 Å². The van der Waals surface area contributed by atoms with Gasteiger partial charge in [-0.25, -0.2) is 4.98 Å². The van der Waals surface area contributed by atoms with Crippen LogP contribution in [-0.2, 0) is 7.05 Å². The van der Waals surface area contributed by atoms with Crippen LogP contribution >= 0.6 is 11.8 Å². The number of hydrogen-bond acceptors (Lipinski definition) is 3. The van der Waals surface area contributed by atoms with Crippen LogP contribution in [0, 0.1) is 6.92 Å². The Kier molecular flexibility index (Phi) is 3.86. The molecule has 0 radical (unpaired) electrons. The molecule has 1 aromatic heterocycles. The Balaban J connectivity index is 1.97. The lowest BCUT2D eigenvalue weighted by Crippen LogP contribution is -2.07. The summed E-state index contributed by atoms with van der Waals surface area (Å²) >= 11 is 1.65. The van der Waals surface area contributed by atoms with Crippen molar-refractivity contribution in [2.75, 3.05) is 5.75 Å². The highest BCUT2D eigenvalue weighted by Crippen LogP contribution is 2.24. The number of nitrogens with zero attached hydrogens (tertiary/aromatic N) is 2.